The van der Waals surface area contributed by atoms with Gasteiger partial charge in [0.2, 0.25) is 23.5 Å². The second kappa shape index (κ2) is 8.74. The molecule has 0 spiro atoms. The van der Waals surface area contributed by atoms with Crippen molar-refractivity contribution in [1.29, 1.82) is 0 Å². The van der Waals surface area contributed by atoms with Crippen LogP contribution < -0.4 is 10.2 Å². The zero-order valence-corrected chi connectivity index (χ0v) is 18.2. The third kappa shape index (κ3) is 4.25. The zero-order chi connectivity index (χ0) is 22.1. The molecule has 1 saturated heterocycles. The van der Waals surface area contributed by atoms with E-state index in [0.29, 0.717) is 40.6 Å². The Morgan fingerprint density at radius 1 is 1.12 bits per heavy atom. The average Bonchev–Trinajstić information content (AvgIpc) is 3.54. The van der Waals surface area contributed by atoms with E-state index in [1.54, 1.807) is 23.1 Å². The molecule has 2 aromatic carbocycles. The van der Waals surface area contributed by atoms with E-state index in [-0.39, 0.29) is 18.2 Å². The fraction of sp³-hybridized carbons (Fsp3) is 0.333. The van der Waals surface area contributed by atoms with Crippen LogP contribution >= 0.6 is 11.6 Å². The molecule has 2 fully saturated rings. The number of nitrogens with zero attached hydrogens (tertiary/aromatic N) is 3. The second-order valence-corrected chi connectivity index (χ2v) is 8.83. The summed E-state index contributed by atoms with van der Waals surface area (Å²) < 4.78 is 5.48. The van der Waals surface area contributed by atoms with Crippen molar-refractivity contribution in [3.05, 3.63) is 59.4 Å². The molecule has 8 heteroatoms. The van der Waals surface area contributed by atoms with E-state index in [9.17, 15) is 9.59 Å². The Labute approximate surface area is 190 Å². The maximum Gasteiger partial charge on any atom is 0.230 e. The van der Waals surface area contributed by atoms with Crippen molar-refractivity contribution in [1.82, 2.24) is 10.1 Å². The first-order chi connectivity index (χ1) is 15.6. The minimum absolute atomic E-state index is 0.0904. The summed E-state index contributed by atoms with van der Waals surface area (Å²) in [6.45, 7) is 0.320. The van der Waals surface area contributed by atoms with Gasteiger partial charge < -0.3 is 14.7 Å². The standard InChI is InChI=1S/C24H23ClN4O3/c25-18-8-4-10-20(13-18)29-14-17(12-21(29)30)23(31)26-19-9-3-7-16(11-19)22-27-24(32-28-22)15-5-1-2-6-15/h3-4,7-11,13,15,17H,1-2,5-6,12,14H2,(H,26,31)/t17-/m0/s1. The molecule has 32 heavy (non-hydrogen) atoms. The highest BCUT2D eigenvalue weighted by atomic mass is 35.5. The van der Waals surface area contributed by atoms with Crippen LogP contribution in [0, 0.1) is 5.92 Å². The maximum absolute atomic E-state index is 12.9. The van der Waals surface area contributed by atoms with Gasteiger partial charge in [-0.3, -0.25) is 9.59 Å². The summed E-state index contributed by atoms with van der Waals surface area (Å²) in [5.74, 6) is 0.835. The monoisotopic (exact) mass is 450 g/mol. The zero-order valence-electron chi connectivity index (χ0n) is 17.5. The van der Waals surface area contributed by atoms with Crippen molar-refractivity contribution in [2.45, 2.75) is 38.0 Å². The van der Waals surface area contributed by atoms with E-state index in [2.05, 4.69) is 15.5 Å². The van der Waals surface area contributed by atoms with E-state index in [1.807, 2.05) is 30.3 Å². The van der Waals surface area contributed by atoms with Gasteiger partial charge in [-0.1, -0.05) is 47.8 Å². The van der Waals surface area contributed by atoms with Gasteiger partial charge in [0.25, 0.3) is 0 Å². The first-order valence-electron chi connectivity index (χ1n) is 10.9. The number of hydrogen-bond donors (Lipinski definition) is 1. The van der Waals surface area contributed by atoms with Crippen molar-refractivity contribution >= 4 is 34.8 Å². The molecular formula is C24H23ClN4O3. The van der Waals surface area contributed by atoms with Gasteiger partial charge in [0, 0.05) is 40.8 Å². The quantitative estimate of drug-likeness (QED) is 0.588. The molecule has 3 aromatic rings. The fourth-order valence-electron chi connectivity index (χ4n) is 4.45. The number of carbonyl (C=O) groups excluding carboxylic acids is 2. The summed E-state index contributed by atoms with van der Waals surface area (Å²) >= 11 is 6.05. The molecule has 0 bridgehead atoms. The molecule has 2 amide bonds. The van der Waals surface area contributed by atoms with Crippen LogP contribution in [0.15, 0.2) is 53.1 Å². The minimum atomic E-state index is -0.440. The van der Waals surface area contributed by atoms with Gasteiger partial charge in [0.05, 0.1) is 5.92 Å². The van der Waals surface area contributed by atoms with Crippen LogP contribution in [0.5, 0.6) is 0 Å². The molecule has 5 rings (SSSR count). The first-order valence-corrected chi connectivity index (χ1v) is 11.3. The lowest BCUT2D eigenvalue weighted by Gasteiger charge is -2.17. The number of aromatic nitrogens is 2. The molecule has 1 atom stereocenters. The van der Waals surface area contributed by atoms with Crippen LogP contribution in [-0.4, -0.2) is 28.5 Å². The van der Waals surface area contributed by atoms with Gasteiger partial charge in [0.15, 0.2) is 0 Å². The van der Waals surface area contributed by atoms with Crippen molar-refractivity contribution in [2.75, 3.05) is 16.8 Å². The molecule has 7 nitrogen and oxygen atoms in total. The third-order valence-electron chi connectivity index (χ3n) is 6.15. The Bertz CT molecular complexity index is 1160. The molecule has 1 aromatic heterocycles. The molecule has 1 aliphatic heterocycles. The van der Waals surface area contributed by atoms with E-state index in [1.165, 1.54) is 12.8 Å². The lowest BCUT2D eigenvalue weighted by Crippen LogP contribution is -2.28. The van der Waals surface area contributed by atoms with Crippen molar-refractivity contribution < 1.29 is 14.1 Å². The van der Waals surface area contributed by atoms with Crippen LogP contribution in [0.4, 0.5) is 11.4 Å². The van der Waals surface area contributed by atoms with E-state index in [0.717, 1.165) is 18.4 Å². The van der Waals surface area contributed by atoms with Crippen molar-refractivity contribution in [3.63, 3.8) is 0 Å². The molecule has 164 valence electrons. The normalized spacial score (nSPS) is 19.0. The Kier molecular flexibility index (Phi) is 5.66. The molecule has 2 aliphatic rings. The summed E-state index contributed by atoms with van der Waals surface area (Å²) in [6.07, 6.45) is 4.73. The molecule has 0 unspecified atom stereocenters. The topological polar surface area (TPSA) is 88.3 Å². The highest BCUT2D eigenvalue weighted by Gasteiger charge is 2.35. The molecular weight excluding hydrogens is 428 g/mol. The molecule has 0 radical (unpaired) electrons. The van der Waals surface area contributed by atoms with Crippen LogP contribution in [-0.2, 0) is 9.59 Å². The summed E-state index contributed by atoms with van der Waals surface area (Å²) in [7, 11) is 0. The maximum atomic E-state index is 12.9. The summed E-state index contributed by atoms with van der Waals surface area (Å²) in [5, 5.41) is 7.61. The Morgan fingerprint density at radius 3 is 2.75 bits per heavy atom. The molecule has 1 saturated carbocycles. The lowest BCUT2D eigenvalue weighted by molar-refractivity contribution is -0.122. The number of benzene rings is 2. The predicted molar refractivity (Wildman–Crippen MR) is 121 cm³/mol. The second-order valence-electron chi connectivity index (χ2n) is 8.39. The van der Waals surface area contributed by atoms with Gasteiger partial charge in [-0.2, -0.15) is 4.98 Å². The van der Waals surface area contributed by atoms with Gasteiger partial charge in [-0.15, -0.1) is 0 Å². The number of amides is 2. The number of hydrogen-bond acceptors (Lipinski definition) is 5. The minimum Gasteiger partial charge on any atom is -0.339 e. The first kappa shape index (κ1) is 20.7. The van der Waals surface area contributed by atoms with Crippen molar-refractivity contribution in [3.8, 4) is 11.4 Å². The molecule has 2 heterocycles. The fourth-order valence-corrected chi connectivity index (χ4v) is 4.63. The molecule has 1 N–H and O–H groups in total. The Hall–Kier alpha value is -3.19. The Morgan fingerprint density at radius 2 is 1.94 bits per heavy atom. The smallest absolute Gasteiger partial charge is 0.230 e. The predicted octanol–water partition coefficient (Wildman–Crippen LogP) is 5.04. The largest absolute Gasteiger partial charge is 0.339 e. The number of rotatable bonds is 5. The lowest BCUT2D eigenvalue weighted by atomic mass is 10.1. The number of halogens is 1. The van der Waals surface area contributed by atoms with E-state index >= 15 is 0 Å². The van der Waals surface area contributed by atoms with E-state index < -0.39 is 5.92 Å². The van der Waals surface area contributed by atoms with Gasteiger partial charge in [-0.05, 0) is 43.2 Å². The summed E-state index contributed by atoms with van der Waals surface area (Å²) in [4.78, 5) is 31.5. The SMILES string of the molecule is O=C(Nc1cccc(-c2noc(C3CCCC3)n2)c1)[C@H]1CC(=O)N(c2cccc(Cl)c2)C1. The van der Waals surface area contributed by atoms with Crippen molar-refractivity contribution in [2.24, 2.45) is 5.92 Å². The number of carbonyl (C=O) groups is 2. The van der Waals surface area contributed by atoms with Crippen LogP contribution in [0.3, 0.4) is 0 Å². The van der Waals surface area contributed by atoms with E-state index in [4.69, 9.17) is 16.1 Å². The average molecular weight is 451 g/mol. The van der Waals surface area contributed by atoms with Crippen LogP contribution in [0.25, 0.3) is 11.4 Å². The Balaban J connectivity index is 1.27. The number of anilines is 2. The molecule has 1 aliphatic carbocycles. The van der Waals surface area contributed by atoms with Gasteiger partial charge >= 0.3 is 0 Å². The number of nitrogens with one attached hydrogen (secondary N) is 1. The summed E-state index contributed by atoms with van der Waals surface area (Å²) in [5.41, 5.74) is 2.11. The highest BCUT2D eigenvalue weighted by Crippen LogP contribution is 2.34. The van der Waals surface area contributed by atoms with Crippen LogP contribution in [0.1, 0.15) is 43.9 Å². The summed E-state index contributed by atoms with van der Waals surface area (Å²) in [6, 6.07) is 14.5. The van der Waals surface area contributed by atoms with Gasteiger partial charge in [0.1, 0.15) is 0 Å². The third-order valence-corrected chi connectivity index (χ3v) is 6.39. The highest BCUT2D eigenvalue weighted by molar-refractivity contribution is 6.31. The van der Waals surface area contributed by atoms with Gasteiger partial charge in [-0.25, -0.2) is 0 Å². The van der Waals surface area contributed by atoms with Crippen LogP contribution in [0.2, 0.25) is 5.02 Å².